The molecule has 0 amide bonds. The molecule has 0 aliphatic heterocycles. The lowest BCUT2D eigenvalue weighted by atomic mass is 10.2. The lowest BCUT2D eigenvalue weighted by Crippen LogP contribution is -2.03. The molecule has 19 heavy (non-hydrogen) atoms. The fraction of sp³-hybridized carbons (Fsp3) is 0.214. The summed E-state index contributed by atoms with van der Waals surface area (Å²) in [5, 5.41) is 8.23. The maximum Gasteiger partial charge on any atom is 0.338 e. The number of aromatic nitrogens is 1. The SMILES string of the molecule is CCOC(=O)c1ccc(N=Nc2cccn2C)cc1. The summed E-state index contributed by atoms with van der Waals surface area (Å²) in [6.07, 6.45) is 1.90. The smallest absolute Gasteiger partial charge is 0.338 e. The summed E-state index contributed by atoms with van der Waals surface area (Å²) in [6, 6.07) is 10.6. The molecule has 5 nitrogen and oxygen atoms in total. The summed E-state index contributed by atoms with van der Waals surface area (Å²) >= 11 is 0. The number of hydrogen-bond acceptors (Lipinski definition) is 4. The van der Waals surface area contributed by atoms with Crippen molar-refractivity contribution >= 4 is 17.5 Å². The third kappa shape index (κ3) is 3.28. The Morgan fingerprint density at radius 2 is 1.95 bits per heavy atom. The number of hydrogen-bond donors (Lipinski definition) is 0. The van der Waals surface area contributed by atoms with Crippen molar-refractivity contribution in [2.24, 2.45) is 17.3 Å². The Kier molecular flexibility index (Phi) is 4.07. The van der Waals surface area contributed by atoms with Gasteiger partial charge in [-0.3, -0.25) is 0 Å². The molecule has 1 aromatic heterocycles. The van der Waals surface area contributed by atoms with Crippen molar-refractivity contribution in [1.82, 2.24) is 4.57 Å². The fourth-order valence-corrected chi connectivity index (χ4v) is 1.54. The molecule has 0 bridgehead atoms. The van der Waals surface area contributed by atoms with E-state index in [1.807, 2.05) is 29.9 Å². The molecule has 0 fully saturated rings. The predicted molar refractivity (Wildman–Crippen MR) is 72.0 cm³/mol. The largest absolute Gasteiger partial charge is 0.462 e. The quantitative estimate of drug-likeness (QED) is 0.620. The average Bonchev–Trinajstić information content (AvgIpc) is 2.83. The van der Waals surface area contributed by atoms with E-state index in [9.17, 15) is 4.79 Å². The van der Waals surface area contributed by atoms with Crippen LogP contribution in [0.2, 0.25) is 0 Å². The number of rotatable bonds is 4. The van der Waals surface area contributed by atoms with Crippen molar-refractivity contribution in [2.45, 2.75) is 6.92 Å². The van der Waals surface area contributed by atoms with Gasteiger partial charge < -0.3 is 9.30 Å². The Hall–Kier alpha value is -2.43. The minimum atomic E-state index is -0.326. The van der Waals surface area contributed by atoms with Crippen molar-refractivity contribution < 1.29 is 9.53 Å². The minimum absolute atomic E-state index is 0.326. The number of azo groups is 1. The van der Waals surface area contributed by atoms with E-state index in [0.717, 1.165) is 5.82 Å². The van der Waals surface area contributed by atoms with E-state index in [0.29, 0.717) is 17.9 Å². The standard InChI is InChI=1S/C14H15N3O2/c1-3-19-14(18)11-6-8-12(9-7-11)15-16-13-5-4-10-17(13)2/h4-10H,3H2,1-2H3. The van der Waals surface area contributed by atoms with E-state index < -0.39 is 0 Å². The van der Waals surface area contributed by atoms with Crippen molar-refractivity contribution in [3.8, 4) is 0 Å². The van der Waals surface area contributed by atoms with Gasteiger partial charge in [0.05, 0.1) is 17.9 Å². The topological polar surface area (TPSA) is 55.9 Å². The molecule has 2 rings (SSSR count). The van der Waals surface area contributed by atoms with Crippen LogP contribution in [0.25, 0.3) is 0 Å². The van der Waals surface area contributed by atoms with Crippen LogP contribution in [0.3, 0.4) is 0 Å². The molecular weight excluding hydrogens is 242 g/mol. The maximum atomic E-state index is 11.5. The van der Waals surface area contributed by atoms with Gasteiger partial charge in [0.25, 0.3) is 0 Å². The first-order chi connectivity index (χ1) is 9.20. The van der Waals surface area contributed by atoms with Gasteiger partial charge in [0.2, 0.25) is 0 Å². The van der Waals surface area contributed by atoms with E-state index in [1.165, 1.54) is 0 Å². The number of benzene rings is 1. The first kappa shape index (κ1) is 13.0. The third-order valence-electron chi connectivity index (χ3n) is 2.56. The second-order valence-electron chi connectivity index (χ2n) is 3.94. The molecule has 0 N–H and O–H groups in total. The van der Waals surface area contributed by atoms with Gasteiger partial charge in [0.1, 0.15) is 0 Å². The Labute approximate surface area is 111 Å². The van der Waals surface area contributed by atoms with Crippen LogP contribution in [0.15, 0.2) is 52.8 Å². The van der Waals surface area contributed by atoms with Crippen LogP contribution in [0.4, 0.5) is 11.5 Å². The van der Waals surface area contributed by atoms with Crippen LogP contribution in [0.1, 0.15) is 17.3 Å². The summed E-state index contributed by atoms with van der Waals surface area (Å²) in [5.74, 6) is 0.447. The van der Waals surface area contributed by atoms with E-state index in [1.54, 1.807) is 31.2 Å². The van der Waals surface area contributed by atoms with Gasteiger partial charge in [-0.2, -0.15) is 0 Å². The highest BCUT2D eigenvalue weighted by atomic mass is 16.5. The van der Waals surface area contributed by atoms with E-state index in [2.05, 4.69) is 10.2 Å². The van der Waals surface area contributed by atoms with Gasteiger partial charge in [0.15, 0.2) is 5.82 Å². The highest BCUT2D eigenvalue weighted by Gasteiger charge is 2.05. The molecule has 1 aromatic carbocycles. The van der Waals surface area contributed by atoms with Gasteiger partial charge in [0, 0.05) is 13.2 Å². The predicted octanol–water partition coefficient (Wildman–Crippen LogP) is 3.62. The third-order valence-corrected chi connectivity index (χ3v) is 2.56. The number of carbonyl (C=O) groups excluding carboxylic acids is 1. The average molecular weight is 257 g/mol. The van der Waals surface area contributed by atoms with Gasteiger partial charge in [-0.15, -0.1) is 10.2 Å². The van der Waals surface area contributed by atoms with E-state index >= 15 is 0 Å². The van der Waals surface area contributed by atoms with E-state index in [-0.39, 0.29) is 5.97 Å². The molecule has 0 saturated heterocycles. The van der Waals surface area contributed by atoms with Crippen LogP contribution in [-0.4, -0.2) is 17.1 Å². The highest BCUT2D eigenvalue weighted by Crippen LogP contribution is 2.18. The Morgan fingerprint density at radius 3 is 2.53 bits per heavy atom. The van der Waals surface area contributed by atoms with Crippen LogP contribution in [-0.2, 0) is 11.8 Å². The van der Waals surface area contributed by atoms with Crippen LogP contribution >= 0.6 is 0 Å². The molecule has 0 atom stereocenters. The Balaban J connectivity index is 2.09. The van der Waals surface area contributed by atoms with Gasteiger partial charge >= 0.3 is 5.97 Å². The van der Waals surface area contributed by atoms with Crippen LogP contribution in [0.5, 0.6) is 0 Å². The number of nitrogens with zero attached hydrogens (tertiary/aromatic N) is 3. The maximum absolute atomic E-state index is 11.5. The lowest BCUT2D eigenvalue weighted by Gasteiger charge is -2.01. The fourth-order valence-electron chi connectivity index (χ4n) is 1.54. The molecule has 0 unspecified atom stereocenters. The summed E-state index contributed by atoms with van der Waals surface area (Å²) in [6.45, 7) is 2.15. The summed E-state index contributed by atoms with van der Waals surface area (Å²) in [4.78, 5) is 11.5. The van der Waals surface area contributed by atoms with Crippen molar-refractivity contribution in [3.05, 3.63) is 48.2 Å². The Morgan fingerprint density at radius 1 is 1.21 bits per heavy atom. The molecule has 0 saturated carbocycles. The van der Waals surface area contributed by atoms with E-state index in [4.69, 9.17) is 4.74 Å². The highest BCUT2D eigenvalue weighted by molar-refractivity contribution is 5.89. The molecule has 98 valence electrons. The second-order valence-corrected chi connectivity index (χ2v) is 3.94. The molecular formula is C14H15N3O2. The zero-order valence-electron chi connectivity index (χ0n) is 10.9. The summed E-state index contributed by atoms with van der Waals surface area (Å²) in [5.41, 5.74) is 1.20. The van der Waals surface area contributed by atoms with Crippen LogP contribution < -0.4 is 0 Å². The number of carbonyl (C=O) groups is 1. The Bertz CT molecular complexity index is 585. The molecule has 2 aromatic rings. The first-order valence-electron chi connectivity index (χ1n) is 6.01. The number of ether oxygens (including phenoxy) is 1. The molecule has 0 radical (unpaired) electrons. The van der Waals surface area contributed by atoms with Crippen molar-refractivity contribution in [3.63, 3.8) is 0 Å². The molecule has 0 aliphatic rings. The monoisotopic (exact) mass is 257 g/mol. The lowest BCUT2D eigenvalue weighted by molar-refractivity contribution is 0.0526. The zero-order chi connectivity index (χ0) is 13.7. The van der Waals surface area contributed by atoms with Gasteiger partial charge in [-0.25, -0.2) is 4.79 Å². The van der Waals surface area contributed by atoms with Crippen molar-refractivity contribution in [2.75, 3.05) is 6.61 Å². The molecule has 1 heterocycles. The first-order valence-corrected chi connectivity index (χ1v) is 6.01. The number of esters is 1. The molecule has 0 spiro atoms. The van der Waals surface area contributed by atoms with Gasteiger partial charge in [-0.05, 0) is 43.3 Å². The molecule has 5 heteroatoms. The minimum Gasteiger partial charge on any atom is -0.462 e. The van der Waals surface area contributed by atoms with Crippen LogP contribution in [0, 0.1) is 0 Å². The number of aryl methyl sites for hydroxylation is 1. The van der Waals surface area contributed by atoms with Crippen molar-refractivity contribution in [1.29, 1.82) is 0 Å². The summed E-state index contributed by atoms with van der Waals surface area (Å²) < 4.78 is 6.78. The zero-order valence-corrected chi connectivity index (χ0v) is 10.9. The second kappa shape index (κ2) is 5.95. The molecule has 0 aliphatic carbocycles. The normalized spacial score (nSPS) is 10.8. The summed E-state index contributed by atoms with van der Waals surface area (Å²) in [7, 11) is 1.90. The van der Waals surface area contributed by atoms with Gasteiger partial charge in [-0.1, -0.05) is 0 Å².